The number of carbonyl (C=O) groups excluding carboxylic acids is 1. The number of aromatic nitrogens is 1. The number of pyridine rings is 1. The fourth-order valence-corrected chi connectivity index (χ4v) is 1.03. The molecule has 4 nitrogen and oxygen atoms in total. The number of nitrogens with zero attached hydrogens (tertiary/aromatic N) is 1. The molecule has 0 saturated carbocycles. The van der Waals surface area contributed by atoms with Crippen molar-refractivity contribution in [3.8, 4) is 5.88 Å². The van der Waals surface area contributed by atoms with Crippen LogP contribution in [0.15, 0.2) is 24.4 Å². The molecular weight excluding hydrogens is 194 g/mol. The Morgan fingerprint density at radius 1 is 1.47 bits per heavy atom. The third kappa shape index (κ3) is 4.56. The number of rotatable bonds is 7. The highest BCUT2D eigenvalue weighted by atomic mass is 16.5. The molecule has 1 unspecified atom stereocenters. The van der Waals surface area contributed by atoms with E-state index in [0.29, 0.717) is 25.5 Å². The van der Waals surface area contributed by atoms with Crippen molar-refractivity contribution in [3.05, 3.63) is 24.4 Å². The van der Waals surface area contributed by atoms with Crippen LogP contribution >= 0.6 is 0 Å². The molecule has 1 atom stereocenters. The van der Waals surface area contributed by atoms with E-state index in [0.717, 1.165) is 6.29 Å². The van der Waals surface area contributed by atoms with Crippen LogP contribution in [0.4, 0.5) is 0 Å². The number of carbonyl (C=O) groups is 1. The first-order chi connectivity index (χ1) is 7.36. The minimum absolute atomic E-state index is 0.322. The summed E-state index contributed by atoms with van der Waals surface area (Å²) >= 11 is 0. The molecule has 1 rings (SSSR count). The third-order valence-electron chi connectivity index (χ3n) is 1.86. The van der Waals surface area contributed by atoms with Crippen molar-refractivity contribution >= 4 is 6.29 Å². The smallest absolute Gasteiger partial charge is 0.213 e. The molecule has 0 aliphatic heterocycles. The van der Waals surface area contributed by atoms with Crippen LogP contribution in [0.25, 0.3) is 0 Å². The van der Waals surface area contributed by atoms with E-state index in [1.165, 1.54) is 0 Å². The standard InChI is InChI=1S/C11H15NO3/c1-2-10(9-13)14-7-8-15-11-5-3-4-6-12-11/h3-6,9-10H,2,7-8H2,1H3. The molecule has 0 aliphatic rings. The van der Waals surface area contributed by atoms with Crippen LogP contribution in [0.2, 0.25) is 0 Å². The summed E-state index contributed by atoms with van der Waals surface area (Å²) in [6.07, 6.45) is 2.84. The second-order valence-electron chi connectivity index (χ2n) is 2.97. The Morgan fingerprint density at radius 2 is 2.33 bits per heavy atom. The van der Waals surface area contributed by atoms with Crippen LogP contribution in [0.1, 0.15) is 13.3 Å². The Labute approximate surface area is 89.2 Å². The van der Waals surface area contributed by atoms with Crippen LogP contribution in [-0.4, -0.2) is 30.6 Å². The molecule has 0 aromatic carbocycles. The lowest BCUT2D eigenvalue weighted by Gasteiger charge is -2.09. The van der Waals surface area contributed by atoms with E-state index in [4.69, 9.17) is 9.47 Å². The monoisotopic (exact) mass is 209 g/mol. The molecule has 1 aromatic heterocycles. The van der Waals surface area contributed by atoms with E-state index in [1.54, 1.807) is 12.3 Å². The first-order valence-electron chi connectivity index (χ1n) is 4.97. The van der Waals surface area contributed by atoms with Crippen LogP contribution in [0.3, 0.4) is 0 Å². The average molecular weight is 209 g/mol. The largest absolute Gasteiger partial charge is 0.475 e. The normalized spacial score (nSPS) is 12.1. The van der Waals surface area contributed by atoms with Crippen LogP contribution in [0.5, 0.6) is 5.88 Å². The second kappa shape index (κ2) is 6.95. The number of aldehydes is 1. The van der Waals surface area contributed by atoms with Gasteiger partial charge < -0.3 is 14.3 Å². The van der Waals surface area contributed by atoms with Gasteiger partial charge in [0.1, 0.15) is 19.0 Å². The van der Waals surface area contributed by atoms with Gasteiger partial charge in [-0.15, -0.1) is 0 Å². The molecule has 82 valence electrons. The van der Waals surface area contributed by atoms with Crippen molar-refractivity contribution in [3.63, 3.8) is 0 Å². The summed E-state index contributed by atoms with van der Waals surface area (Å²) in [6, 6.07) is 5.45. The van der Waals surface area contributed by atoms with Gasteiger partial charge in [-0.3, -0.25) is 0 Å². The summed E-state index contributed by atoms with van der Waals surface area (Å²) < 4.78 is 10.5. The van der Waals surface area contributed by atoms with E-state index in [1.807, 2.05) is 19.1 Å². The Bertz CT molecular complexity index is 276. The summed E-state index contributed by atoms with van der Waals surface area (Å²) in [7, 11) is 0. The quantitative estimate of drug-likeness (QED) is 0.504. The Morgan fingerprint density at radius 3 is 2.93 bits per heavy atom. The van der Waals surface area contributed by atoms with Crippen LogP contribution in [-0.2, 0) is 9.53 Å². The first-order valence-corrected chi connectivity index (χ1v) is 4.97. The molecular formula is C11H15NO3. The molecule has 0 aliphatic carbocycles. The Balaban J connectivity index is 2.14. The van der Waals surface area contributed by atoms with E-state index >= 15 is 0 Å². The number of hydrogen-bond acceptors (Lipinski definition) is 4. The molecule has 4 heteroatoms. The van der Waals surface area contributed by atoms with E-state index < -0.39 is 0 Å². The second-order valence-corrected chi connectivity index (χ2v) is 2.97. The Kier molecular flexibility index (Phi) is 5.40. The summed E-state index contributed by atoms with van der Waals surface area (Å²) in [4.78, 5) is 14.4. The zero-order chi connectivity index (χ0) is 10.9. The van der Waals surface area contributed by atoms with Crippen LogP contribution < -0.4 is 4.74 Å². The maximum absolute atomic E-state index is 10.4. The summed E-state index contributed by atoms with van der Waals surface area (Å²) in [6.45, 7) is 2.70. The van der Waals surface area contributed by atoms with Gasteiger partial charge >= 0.3 is 0 Å². The van der Waals surface area contributed by atoms with Gasteiger partial charge in [-0.2, -0.15) is 0 Å². The minimum atomic E-state index is -0.322. The summed E-state index contributed by atoms with van der Waals surface area (Å²) in [5.74, 6) is 0.570. The highest BCUT2D eigenvalue weighted by molar-refractivity contribution is 5.55. The maximum Gasteiger partial charge on any atom is 0.213 e. The lowest BCUT2D eigenvalue weighted by Crippen LogP contribution is -2.17. The zero-order valence-corrected chi connectivity index (χ0v) is 8.76. The predicted molar refractivity (Wildman–Crippen MR) is 55.8 cm³/mol. The highest BCUT2D eigenvalue weighted by Gasteiger charge is 2.03. The van der Waals surface area contributed by atoms with Crippen molar-refractivity contribution in [1.29, 1.82) is 0 Å². The van der Waals surface area contributed by atoms with Gasteiger partial charge in [0, 0.05) is 12.3 Å². The van der Waals surface area contributed by atoms with Gasteiger partial charge in [0.25, 0.3) is 0 Å². The summed E-state index contributed by atoms with van der Waals surface area (Å²) in [5.41, 5.74) is 0. The molecule has 0 spiro atoms. The van der Waals surface area contributed by atoms with Crippen molar-refractivity contribution in [2.24, 2.45) is 0 Å². The molecule has 1 aromatic rings. The molecule has 0 amide bonds. The fourth-order valence-electron chi connectivity index (χ4n) is 1.03. The van der Waals surface area contributed by atoms with Crippen molar-refractivity contribution in [1.82, 2.24) is 4.98 Å². The van der Waals surface area contributed by atoms with Gasteiger partial charge in [-0.1, -0.05) is 13.0 Å². The van der Waals surface area contributed by atoms with Gasteiger partial charge in [-0.05, 0) is 12.5 Å². The number of ether oxygens (including phenoxy) is 2. The molecule has 0 bridgehead atoms. The zero-order valence-electron chi connectivity index (χ0n) is 8.76. The van der Waals surface area contributed by atoms with Gasteiger partial charge in [-0.25, -0.2) is 4.98 Å². The molecule has 0 radical (unpaired) electrons. The third-order valence-corrected chi connectivity index (χ3v) is 1.86. The molecule has 0 fully saturated rings. The first kappa shape index (κ1) is 11.7. The molecule has 1 heterocycles. The van der Waals surface area contributed by atoms with E-state index in [9.17, 15) is 4.79 Å². The van der Waals surface area contributed by atoms with Gasteiger partial charge in [0.15, 0.2) is 0 Å². The van der Waals surface area contributed by atoms with E-state index in [-0.39, 0.29) is 6.10 Å². The lowest BCUT2D eigenvalue weighted by molar-refractivity contribution is -0.118. The van der Waals surface area contributed by atoms with Crippen molar-refractivity contribution < 1.29 is 14.3 Å². The maximum atomic E-state index is 10.4. The van der Waals surface area contributed by atoms with Crippen molar-refractivity contribution in [2.75, 3.05) is 13.2 Å². The summed E-state index contributed by atoms with van der Waals surface area (Å²) in [5, 5.41) is 0. The SMILES string of the molecule is CCC(C=O)OCCOc1ccccn1. The van der Waals surface area contributed by atoms with Crippen LogP contribution in [0, 0.1) is 0 Å². The highest BCUT2D eigenvalue weighted by Crippen LogP contribution is 2.02. The average Bonchev–Trinajstić information content (AvgIpc) is 2.31. The predicted octanol–water partition coefficient (Wildman–Crippen LogP) is 1.45. The van der Waals surface area contributed by atoms with Crippen molar-refractivity contribution in [2.45, 2.75) is 19.4 Å². The number of hydrogen-bond donors (Lipinski definition) is 0. The topological polar surface area (TPSA) is 48.4 Å². The fraction of sp³-hybridized carbons (Fsp3) is 0.455. The molecule has 0 N–H and O–H groups in total. The Hall–Kier alpha value is -1.42. The van der Waals surface area contributed by atoms with Gasteiger partial charge in [0.05, 0.1) is 6.61 Å². The van der Waals surface area contributed by atoms with E-state index in [2.05, 4.69) is 4.98 Å². The molecule has 0 saturated heterocycles. The minimum Gasteiger partial charge on any atom is -0.475 e. The van der Waals surface area contributed by atoms with Gasteiger partial charge in [0.2, 0.25) is 5.88 Å². The lowest BCUT2D eigenvalue weighted by atomic mass is 10.3. The molecule has 15 heavy (non-hydrogen) atoms.